The number of nitrogens with one attached hydrogen (secondary N) is 1. The predicted octanol–water partition coefficient (Wildman–Crippen LogP) is 4.39. The van der Waals surface area contributed by atoms with Gasteiger partial charge in [0, 0.05) is 28.8 Å². The summed E-state index contributed by atoms with van der Waals surface area (Å²) in [7, 11) is 1.32. The van der Waals surface area contributed by atoms with Gasteiger partial charge in [0.05, 0.1) is 13.2 Å². The second-order valence-electron chi connectivity index (χ2n) is 8.73. The molecule has 0 spiro atoms. The molecule has 7 heteroatoms. The van der Waals surface area contributed by atoms with E-state index < -0.39 is 12.1 Å². The van der Waals surface area contributed by atoms with E-state index in [9.17, 15) is 9.59 Å². The second-order valence-corrected chi connectivity index (χ2v) is 9.65. The maximum Gasteiger partial charge on any atom is 0.407 e. The van der Waals surface area contributed by atoms with Gasteiger partial charge in [-0.3, -0.25) is 9.79 Å². The zero-order valence-electron chi connectivity index (χ0n) is 17.6. The molecule has 2 amide bonds. The van der Waals surface area contributed by atoms with Crippen LogP contribution in [0.5, 0.6) is 0 Å². The summed E-state index contributed by atoms with van der Waals surface area (Å²) in [6.07, 6.45) is 5.31. The Morgan fingerprint density at radius 1 is 1.23 bits per heavy atom. The molecule has 1 N–H and O–H groups in total. The molecule has 2 heterocycles. The number of methoxy groups -OCH3 is 1. The highest BCUT2D eigenvalue weighted by Gasteiger charge is 2.51. The van der Waals surface area contributed by atoms with Crippen molar-refractivity contribution in [2.24, 2.45) is 16.8 Å². The Balaban J connectivity index is 1.53. The number of likely N-dealkylation sites (tertiary alicyclic amines) is 1. The fourth-order valence-corrected chi connectivity index (χ4v) is 5.33. The second kappa shape index (κ2) is 8.53. The van der Waals surface area contributed by atoms with Gasteiger partial charge >= 0.3 is 6.09 Å². The molecule has 1 aromatic carbocycles. The number of aliphatic imine (C=N–C) groups is 1. The van der Waals surface area contributed by atoms with Crippen LogP contribution >= 0.6 is 15.9 Å². The number of alkyl carbamates (subject to hydrolysis) is 1. The lowest BCUT2D eigenvalue weighted by molar-refractivity contribution is -0.137. The minimum absolute atomic E-state index is 0.0149. The van der Waals surface area contributed by atoms with Gasteiger partial charge in [-0.15, -0.1) is 0 Å². The van der Waals surface area contributed by atoms with Crippen LogP contribution in [0.4, 0.5) is 4.79 Å². The molecule has 1 saturated carbocycles. The van der Waals surface area contributed by atoms with E-state index in [0.29, 0.717) is 5.92 Å². The Morgan fingerprint density at radius 3 is 2.63 bits per heavy atom. The Morgan fingerprint density at radius 2 is 1.97 bits per heavy atom. The van der Waals surface area contributed by atoms with E-state index in [1.54, 1.807) is 0 Å². The summed E-state index contributed by atoms with van der Waals surface area (Å²) in [5, 5.41) is 2.74. The van der Waals surface area contributed by atoms with Crippen LogP contribution in [0.15, 0.2) is 39.9 Å². The minimum atomic E-state index is -0.597. The number of nitrogens with zero attached hydrogens (tertiary/aromatic N) is 2. The third-order valence-electron chi connectivity index (χ3n) is 6.55. The molecule has 160 valence electrons. The van der Waals surface area contributed by atoms with E-state index in [0.717, 1.165) is 41.4 Å². The SMILES string of the molecule is COC(=O)NC(C(=O)N1C2CCC(C2)C1C1=NC=C(c2ccc(Br)cc2)C1)C(C)C. The summed E-state index contributed by atoms with van der Waals surface area (Å²) in [6.45, 7) is 3.89. The molecule has 1 aliphatic carbocycles. The van der Waals surface area contributed by atoms with Crippen LogP contribution in [-0.2, 0) is 9.53 Å². The van der Waals surface area contributed by atoms with Crippen molar-refractivity contribution in [2.75, 3.05) is 7.11 Å². The van der Waals surface area contributed by atoms with Crippen LogP contribution in [0.3, 0.4) is 0 Å². The van der Waals surface area contributed by atoms with Crippen LogP contribution < -0.4 is 5.32 Å². The van der Waals surface area contributed by atoms with E-state index in [1.807, 2.05) is 37.1 Å². The van der Waals surface area contributed by atoms with Crippen molar-refractivity contribution >= 4 is 39.2 Å². The van der Waals surface area contributed by atoms with Crippen molar-refractivity contribution in [3.05, 3.63) is 40.5 Å². The first-order chi connectivity index (χ1) is 14.4. The number of piperidine rings is 1. The standard InChI is InChI=1S/C23H28BrN3O3/c1-13(2)20(26-23(29)30-3)22(28)27-18-9-6-15(10-18)21(27)19-11-16(12-25-19)14-4-7-17(24)8-5-14/h4-5,7-8,12-13,15,18,20-21H,6,9-11H2,1-3H3,(H,26,29). The van der Waals surface area contributed by atoms with Crippen molar-refractivity contribution in [3.8, 4) is 0 Å². The molecule has 6 nitrogen and oxygen atoms in total. The highest BCUT2D eigenvalue weighted by atomic mass is 79.9. The van der Waals surface area contributed by atoms with Gasteiger partial charge in [0.2, 0.25) is 5.91 Å². The van der Waals surface area contributed by atoms with Gasteiger partial charge in [-0.05, 0) is 54.4 Å². The average molecular weight is 474 g/mol. The number of halogens is 1. The summed E-state index contributed by atoms with van der Waals surface area (Å²) < 4.78 is 5.80. The van der Waals surface area contributed by atoms with Gasteiger partial charge in [-0.2, -0.15) is 0 Å². The Bertz CT molecular complexity index is 893. The highest BCUT2D eigenvalue weighted by molar-refractivity contribution is 9.10. The largest absolute Gasteiger partial charge is 0.453 e. The number of benzene rings is 1. The Hall–Kier alpha value is -2.15. The molecular weight excluding hydrogens is 446 g/mol. The van der Waals surface area contributed by atoms with Crippen LogP contribution in [0.2, 0.25) is 0 Å². The molecule has 4 atom stereocenters. The number of amides is 2. The maximum atomic E-state index is 13.6. The van der Waals surface area contributed by atoms with Crippen molar-refractivity contribution < 1.29 is 14.3 Å². The smallest absolute Gasteiger partial charge is 0.407 e. The number of allylic oxidation sites excluding steroid dienone is 1. The first-order valence-electron chi connectivity index (χ1n) is 10.6. The number of rotatable bonds is 5. The number of carbonyl (C=O) groups excluding carboxylic acids is 2. The third kappa shape index (κ3) is 3.92. The van der Waals surface area contributed by atoms with E-state index in [1.165, 1.54) is 12.7 Å². The van der Waals surface area contributed by atoms with Crippen LogP contribution in [0.1, 0.15) is 45.1 Å². The predicted molar refractivity (Wildman–Crippen MR) is 120 cm³/mol. The fourth-order valence-electron chi connectivity index (χ4n) is 5.06. The number of hydrogen-bond donors (Lipinski definition) is 1. The monoisotopic (exact) mass is 473 g/mol. The third-order valence-corrected chi connectivity index (χ3v) is 7.07. The van der Waals surface area contributed by atoms with Crippen LogP contribution in [0, 0.1) is 11.8 Å². The Labute approximate surface area is 185 Å². The lowest BCUT2D eigenvalue weighted by atomic mass is 9.89. The summed E-state index contributed by atoms with van der Waals surface area (Å²) >= 11 is 3.48. The van der Waals surface area contributed by atoms with Gasteiger partial charge in [-0.25, -0.2) is 4.79 Å². The summed E-state index contributed by atoms with van der Waals surface area (Å²) in [5.41, 5.74) is 3.40. The van der Waals surface area contributed by atoms with Gasteiger partial charge in [0.25, 0.3) is 0 Å². The molecule has 1 aromatic rings. The molecule has 30 heavy (non-hydrogen) atoms. The van der Waals surface area contributed by atoms with E-state index >= 15 is 0 Å². The lowest BCUT2D eigenvalue weighted by Crippen LogP contribution is -2.57. The molecule has 2 aliphatic heterocycles. The van der Waals surface area contributed by atoms with Crippen molar-refractivity contribution in [1.82, 2.24) is 10.2 Å². The molecule has 3 aliphatic rings. The van der Waals surface area contributed by atoms with Gasteiger partial charge in [-0.1, -0.05) is 41.9 Å². The number of carbonyl (C=O) groups is 2. The van der Waals surface area contributed by atoms with Gasteiger partial charge in [0.15, 0.2) is 0 Å². The molecule has 2 fully saturated rings. The molecule has 0 aromatic heterocycles. The van der Waals surface area contributed by atoms with Crippen molar-refractivity contribution in [2.45, 2.75) is 57.7 Å². The first-order valence-corrected chi connectivity index (χ1v) is 11.4. The number of hydrogen-bond acceptors (Lipinski definition) is 4. The zero-order chi connectivity index (χ0) is 21.4. The van der Waals surface area contributed by atoms with Gasteiger partial charge in [0.1, 0.15) is 6.04 Å². The molecular formula is C23H28BrN3O3. The molecule has 1 saturated heterocycles. The first kappa shape index (κ1) is 21.1. The fraction of sp³-hybridized carbons (Fsp3) is 0.522. The van der Waals surface area contributed by atoms with Crippen molar-refractivity contribution in [1.29, 1.82) is 0 Å². The average Bonchev–Trinajstić information content (AvgIpc) is 3.47. The minimum Gasteiger partial charge on any atom is -0.453 e. The quantitative estimate of drug-likeness (QED) is 0.688. The number of ether oxygens (including phenoxy) is 1. The van der Waals surface area contributed by atoms with Crippen molar-refractivity contribution in [3.63, 3.8) is 0 Å². The zero-order valence-corrected chi connectivity index (χ0v) is 19.2. The molecule has 2 bridgehead atoms. The molecule has 0 radical (unpaired) electrons. The summed E-state index contributed by atoms with van der Waals surface area (Å²) in [5.74, 6) is 0.395. The van der Waals surface area contributed by atoms with E-state index in [2.05, 4.69) is 33.4 Å². The summed E-state index contributed by atoms with van der Waals surface area (Å²) in [4.78, 5) is 32.2. The molecule has 4 unspecified atom stereocenters. The van der Waals surface area contributed by atoms with E-state index in [-0.39, 0.29) is 23.9 Å². The van der Waals surface area contributed by atoms with E-state index in [4.69, 9.17) is 9.73 Å². The maximum absolute atomic E-state index is 13.6. The van der Waals surface area contributed by atoms with Crippen LogP contribution in [-0.4, -0.2) is 47.8 Å². The summed E-state index contributed by atoms with van der Waals surface area (Å²) in [6, 6.07) is 7.90. The highest BCUT2D eigenvalue weighted by Crippen LogP contribution is 2.45. The van der Waals surface area contributed by atoms with Gasteiger partial charge < -0.3 is 15.0 Å². The topological polar surface area (TPSA) is 71.0 Å². The number of fused-ring (bicyclic) bond motifs is 2. The normalized spacial score (nSPS) is 25.9. The van der Waals surface area contributed by atoms with Crippen LogP contribution in [0.25, 0.3) is 5.57 Å². The molecule has 4 rings (SSSR count). The lowest BCUT2D eigenvalue weighted by Gasteiger charge is -2.38. The Kier molecular flexibility index (Phi) is 6.00.